The number of allylic oxidation sites excluding steroid dienone is 2. The number of likely N-dealkylation sites (N-methyl/N-ethyl adjacent to an activating group) is 1. The molecule has 21 heavy (non-hydrogen) atoms. The van der Waals surface area contributed by atoms with Crippen LogP contribution in [0, 0.1) is 0 Å². The van der Waals surface area contributed by atoms with Gasteiger partial charge in [0.1, 0.15) is 0 Å². The van der Waals surface area contributed by atoms with Gasteiger partial charge in [0.2, 0.25) is 0 Å². The van der Waals surface area contributed by atoms with Crippen LogP contribution in [-0.2, 0) is 0 Å². The van der Waals surface area contributed by atoms with E-state index in [1.54, 1.807) is 0 Å². The maximum absolute atomic E-state index is 4.90. The van der Waals surface area contributed by atoms with Crippen LogP contribution in [0.4, 0.5) is 0 Å². The number of fused-ring (bicyclic) bond motifs is 1. The molecule has 0 N–H and O–H groups in total. The van der Waals surface area contributed by atoms with Crippen molar-refractivity contribution in [3.63, 3.8) is 0 Å². The molecular formula is C16H25N5. The van der Waals surface area contributed by atoms with Crippen molar-refractivity contribution in [2.24, 2.45) is 9.98 Å². The van der Waals surface area contributed by atoms with Crippen LogP contribution in [-0.4, -0.2) is 65.6 Å². The first-order valence-corrected chi connectivity index (χ1v) is 7.72. The largest absolute Gasteiger partial charge is 0.351 e. The molecule has 0 aliphatic carbocycles. The summed E-state index contributed by atoms with van der Waals surface area (Å²) in [5, 5.41) is 0. The smallest absolute Gasteiger partial charge is 0.176 e. The molecule has 0 bridgehead atoms. The average molecular weight is 287 g/mol. The van der Waals surface area contributed by atoms with Crippen molar-refractivity contribution in [3.05, 3.63) is 23.2 Å². The molecule has 1 atom stereocenters. The van der Waals surface area contributed by atoms with E-state index in [0.717, 1.165) is 43.5 Å². The molecule has 0 aromatic heterocycles. The van der Waals surface area contributed by atoms with Crippen LogP contribution < -0.4 is 0 Å². The number of nitrogens with zero attached hydrogens (tertiary/aromatic N) is 5. The predicted molar refractivity (Wildman–Crippen MR) is 87.4 cm³/mol. The lowest BCUT2D eigenvalue weighted by molar-refractivity contribution is 0.216. The normalized spacial score (nSPS) is 27.3. The van der Waals surface area contributed by atoms with Gasteiger partial charge in [-0.15, -0.1) is 0 Å². The Morgan fingerprint density at radius 1 is 1.05 bits per heavy atom. The summed E-state index contributed by atoms with van der Waals surface area (Å²) in [6, 6.07) is 0.236. The monoisotopic (exact) mass is 287 g/mol. The molecule has 3 heterocycles. The highest BCUT2D eigenvalue weighted by Gasteiger charge is 2.32. The van der Waals surface area contributed by atoms with E-state index in [0.29, 0.717) is 0 Å². The third-order valence-electron chi connectivity index (χ3n) is 4.70. The van der Waals surface area contributed by atoms with Crippen molar-refractivity contribution in [2.45, 2.75) is 33.7 Å². The van der Waals surface area contributed by atoms with E-state index < -0.39 is 0 Å². The Hall–Kier alpha value is -1.62. The van der Waals surface area contributed by atoms with E-state index in [2.05, 4.69) is 55.6 Å². The average Bonchev–Trinajstić information content (AvgIpc) is 2.46. The fraction of sp³-hybridized carbons (Fsp3) is 0.625. The maximum atomic E-state index is 4.90. The third kappa shape index (κ3) is 2.50. The van der Waals surface area contributed by atoms with Crippen LogP contribution in [0.25, 0.3) is 0 Å². The van der Waals surface area contributed by atoms with Crippen LogP contribution in [0.3, 0.4) is 0 Å². The van der Waals surface area contributed by atoms with Crippen LogP contribution in [0.5, 0.6) is 0 Å². The Morgan fingerprint density at radius 3 is 2.38 bits per heavy atom. The topological polar surface area (TPSA) is 34.4 Å². The molecule has 1 saturated heterocycles. The Bertz CT molecular complexity index is 561. The van der Waals surface area contributed by atoms with E-state index in [1.165, 1.54) is 11.3 Å². The third-order valence-corrected chi connectivity index (χ3v) is 4.70. The Labute approximate surface area is 127 Å². The summed E-state index contributed by atoms with van der Waals surface area (Å²) in [5.74, 6) is 2.06. The van der Waals surface area contributed by atoms with E-state index in [9.17, 15) is 0 Å². The first-order valence-electron chi connectivity index (χ1n) is 7.72. The molecule has 3 rings (SSSR count). The molecule has 0 aromatic carbocycles. The molecule has 114 valence electrons. The van der Waals surface area contributed by atoms with Gasteiger partial charge in [0, 0.05) is 38.1 Å². The first-order chi connectivity index (χ1) is 9.97. The van der Waals surface area contributed by atoms with Crippen molar-refractivity contribution in [1.82, 2.24) is 14.7 Å². The second-order valence-electron chi connectivity index (χ2n) is 6.27. The summed E-state index contributed by atoms with van der Waals surface area (Å²) >= 11 is 0. The molecule has 3 aliphatic rings. The second-order valence-corrected chi connectivity index (χ2v) is 6.27. The highest BCUT2D eigenvalue weighted by atomic mass is 15.3. The van der Waals surface area contributed by atoms with Crippen LogP contribution in [0.15, 0.2) is 33.2 Å². The minimum absolute atomic E-state index is 0.236. The van der Waals surface area contributed by atoms with Gasteiger partial charge in [-0.25, -0.2) is 4.99 Å². The molecule has 5 nitrogen and oxygen atoms in total. The summed E-state index contributed by atoms with van der Waals surface area (Å²) in [5.41, 5.74) is 3.56. The lowest BCUT2D eigenvalue weighted by Gasteiger charge is -2.40. The van der Waals surface area contributed by atoms with Crippen LogP contribution in [0.1, 0.15) is 27.7 Å². The van der Waals surface area contributed by atoms with Crippen LogP contribution >= 0.6 is 0 Å². The van der Waals surface area contributed by atoms with Gasteiger partial charge < -0.3 is 14.7 Å². The highest BCUT2D eigenvalue weighted by molar-refractivity contribution is 6.41. The summed E-state index contributed by atoms with van der Waals surface area (Å²) in [6.07, 6.45) is 2.22. The zero-order chi connectivity index (χ0) is 15.1. The zero-order valence-electron chi connectivity index (χ0n) is 13.7. The lowest BCUT2D eigenvalue weighted by Crippen LogP contribution is -2.53. The van der Waals surface area contributed by atoms with Gasteiger partial charge in [-0.05, 0) is 40.3 Å². The molecule has 3 aliphatic heterocycles. The maximum Gasteiger partial charge on any atom is 0.176 e. The summed E-state index contributed by atoms with van der Waals surface area (Å²) < 4.78 is 0. The van der Waals surface area contributed by atoms with Crippen molar-refractivity contribution in [3.8, 4) is 0 Å². The molecule has 1 unspecified atom stereocenters. The minimum Gasteiger partial charge on any atom is -0.351 e. The molecule has 0 spiro atoms. The Balaban J connectivity index is 1.96. The van der Waals surface area contributed by atoms with Gasteiger partial charge in [0.05, 0.1) is 11.7 Å². The summed E-state index contributed by atoms with van der Waals surface area (Å²) in [4.78, 5) is 16.7. The molecule has 0 amide bonds. The van der Waals surface area contributed by atoms with Gasteiger partial charge in [-0.1, -0.05) is 0 Å². The highest BCUT2D eigenvalue weighted by Crippen LogP contribution is 2.26. The number of hydrogen-bond acceptors (Lipinski definition) is 5. The van der Waals surface area contributed by atoms with E-state index >= 15 is 0 Å². The van der Waals surface area contributed by atoms with Gasteiger partial charge in [0.25, 0.3) is 0 Å². The first kappa shape index (κ1) is 14.3. The fourth-order valence-electron chi connectivity index (χ4n) is 2.84. The number of piperazine rings is 1. The molecular weight excluding hydrogens is 262 g/mol. The van der Waals surface area contributed by atoms with Crippen molar-refractivity contribution >= 4 is 11.7 Å². The molecule has 5 heteroatoms. The van der Waals surface area contributed by atoms with Crippen LogP contribution in [0.2, 0.25) is 0 Å². The number of amidine groups is 2. The second kappa shape index (κ2) is 5.30. The number of hydrogen-bond donors (Lipinski definition) is 0. The number of aliphatic imine (C=N–C) groups is 2. The predicted octanol–water partition coefficient (Wildman–Crippen LogP) is 1.90. The minimum atomic E-state index is 0.236. The SMILES string of the molecule is CC1=CN2C(=NC1C)C(N1CCN(C)CC1)=NC(C)=C2C. The Kier molecular flexibility index (Phi) is 3.61. The molecule has 0 saturated carbocycles. The number of rotatable bonds is 0. The summed E-state index contributed by atoms with van der Waals surface area (Å²) in [7, 11) is 2.17. The van der Waals surface area contributed by atoms with Crippen molar-refractivity contribution in [2.75, 3.05) is 33.2 Å². The van der Waals surface area contributed by atoms with E-state index in [4.69, 9.17) is 9.98 Å². The standard InChI is InChI=1S/C16H25N5/c1-11-10-21-14(4)13(3)18-15(16(21)17-12(11)2)20-8-6-19(5)7-9-20/h10,12H,6-9H2,1-5H3. The quantitative estimate of drug-likeness (QED) is 0.682. The Morgan fingerprint density at radius 2 is 1.71 bits per heavy atom. The van der Waals surface area contributed by atoms with E-state index in [1.807, 2.05) is 0 Å². The zero-order valence-corrected chi connectivity index (χ0v) is 13.7. The lowest BCUT2D eigenvalue weighted by atomic mass is 10.1. The molecule has 0 aromatic rings. The van der Waals surface area contributed by atoms with Gasteiger partial charge in [-0.3, -0.25) is 4.99 Å². The van der Waals surface area contributed by atoms with Gasteiger partial charge >= 0.3 is 0 Å². The van der Waals surface area contributed by atoms with Gasteiger partial charge in [-0.2, -0.15) is 0 Å². The van der Waals surface area contributed by atoms with Crippen molar-refractivity contribution in [1.29, 1.82) is 0 Å². The van der Waals surface area contributed by atoms with Crippen molar-refractivity contribution < 1.29 is 0 Å². The summed E-state index contributed by atoms with van der Waals surface area (Å²) in [6.45, 7) is 12.7. The molecule has 1 fully saturated rings. The molecule has 0 radical (unpaired) electrons. The fourth-order valence-corrected chi connectivity index (χ4v) is 2.84. The van der Waals surface area contributed by atoms with Gasteiger partial charge in [0.15, 0.2) is 11.7 Å². The van der Waals surface area contributed by atoms with E-state index in [-0.39, 0.29) is 6.04 Å².